The van der Waals surface area contributed by atoms with Gasteiger partial charge in [-0.05, 0) is 61.1 Å². The Balaban J connectivity index is 1.21. The van der Waals surface area contributed by atoms with Gasteiger partial charge < -0.3 is 10.2 Å². The van der Waals surface area contributed by atoms with Crippen LogP contribution in [0.4, 0.5) is 5.95 Å². The highest BCUT2D eigenvalue weighted by molar-refractivity contribution is 5.82. The topological polar surface area (TPSA) is 71.0 Å². The molecule has 0 aromatic carbocycles. The Morgan fingerprint density at radius 2 is 1.74 bits per heavy atom. The number of carbonyl (C=O) groups is 1. The van der Waals surface area contributed by atoms with Crippen LogP contribution in [0.5, 0.6) is 0 Å². The SMILES string of the molecule is CC(C)c1nc(N2CCC(NC(=O)C3C4CCCCC43)CC2)ncc1-c1ccncc1. The van der Waals surface area contributed by atoms with Gasteiger partial charge in [-0.15, -0.1) is 0 Å². The van der Waals surface area contributed by atoms with Gasteiger partial charge in [0.2, 0.25) is 11.9 Å². The molecule has 3 aliphatic rings. The van der Waals surface area contributed by atoms with Crippen LogP contribution in [-0.2, 0) is 4.79 Å². The lowest BCUT2D eigenvalue weighted by molar-refractivity contribution is -0.123. The van der Waals surface area contributed by atoms with E-state index in [4.69, 9.17) is 9.97 Å². The molecule has 2 atom stereocenters. The summed E-state index contributed by atoms with van der Waals surface area (Å²) in [4.78, 5) is 28.8. The van der Waals surface area contributed by atoms with Gasteiger partial charge in [0.05, 0.1) is 5.69 Å². The molecular formula is C25H33N5O. The first-order valence-corrected chi connectivity index (χ1v) is 11.9. The summed E-state index contributed by atoms with van der Waals surface area (Å²) in [5, 5.41) is 3.36. The molecule has 164 valence electrons. The molecule has 2 aromatic heterocycles. The first-order valence-electron chi connectivity index (χ1n) is 11.9. The van der Waals surface area contributed by atoms with Crippen molar-refractivity contribution in [1.82, 2.24) is 20.3 Å². The summed E-state index contributed by atoms with van der Waals surface area (Å²) in [6, 6.07) is 4.30. The third-order valence-electron chi connectivity index (χ3n) is 7.43. The summed E-state index contributed by atoms with van der Waals surface area (Å²) in [7, 11) is 0. The smallest absolute Gasteiger partial charge is 0.225 e. The van der Waals surface area contributed by atoms with Gasteiger partial charge in [-0.3, -0.25) is 9.78 Å². The Morgan fingerprint density at radius 1 is 1.06 bits per heavy atom. The number of pyridine rings is 1. The molecule has 1 amide bonds. The maximum atomic E-state index is 12.7. The summed E-state index contributed by atoms with van der Waals surface area (Å²) < 4.78 is 0. The second-order valence-electron chi connectivity index (χ2n) is 9.77. The number of carbonyl (C=O) groups excluding carboxylic acids is 1. The molecule has 1 saturated heterocycles. The fourth-order valence-electron chi connectivity index (χ4n) is 5.63. The molecule has 0 bridgehead atoms. The molecular weight excluding hydrogens is 386 g/mol. The largest absolute Gasteiger partial charge is 0.353 e. The van der Waals surface area contributed by atoms with Crippen molar-refractivity contribution in [3.8, 4) is 11.1 Å². The number of hydrogen-bond donors (Lipinski definition) is 1. The van der Waals surface area contributed by atoms with Gasteiger partial charge in [0.1, 0.15) is 0 Å². The lowest BCUT2D eigenvalue weighted by Crippen LogP contribution is -2.45. The fraction of sp³-hybridized carbons (Fsp3) is 0.600. The Hall–Kier alpha value is -2.50. The standard InChI is InChI=1S/C25H33N5O/c1-16(2)23-21(17-7-11-26-12-8-17)15-27-25(29-23)30-13-9-18(10-14-30)28-24(31)22-19-5-3-4-6-20(19)22/h7-8,11-12,15-16,18-20,22H,3-6,9-10,13-14H2,1-2H3,(H,28,31). The molecule has 3 fully saturated rings. The van der Waals surface area contributed by atoms with Gasteiger partial charge in [0, 0.05) is 49.2 Å². The van der Waals surface area contributed by atoms with Crippen molar-refractivity contribution >= 4 is 11.9 Å². The fourth-order valence-corrected chi connectivity index (χ4v) is 5.63. The van der Waals surface area contributed by atoms with Gasteiger partial charge in [-0.1, -0.05) is 26.7 Å². The van der Waals surface area contributed by atoms with Crippen LogP contribution in [0.1, 0.15) is 64.0 Å². The first kappa shape index (κ1) is 20.4. The molecule has 6 heteroatoms. The van der Waals surface area contributed by atoms with Crippen LogP contribution >= 0.6 is 0 Å². The highest BCUT2D eigenvalue weighted by atomic mass is 16.2. The summed E-state index contributed by atoms with van der Waals surface area (Å²) in [5.74, 6) is 3.09. The van der Waals surface area contributed by atoms with Crippen molar-refractivity contribution in [3.05, 3.63) is 36.4 Å². The predicted octanol–water partition coefficient (Wildman–Crippen LogP) is 4.18. The van der Waals surface area contributed by atoms with E-state index in [1.165, 1.54) is 25.7 Å². The molecule has 1 N–H and O–H groups in total. The average molecular weight is 420 g/mol. The quantitative estimate of drug-likeness (QED) is 0.787. The average Bonchev–Trinajstić information content (AvgIpc) is 3.54. The molecule has 2 saturated carbocycles. The zero-order valence-electron chi connectivity index (χ0n) is 18.6. The van der Waals surface area contributed by atoms with Crippen molar-refractivity contribution in [3.63, 3.8) is 0 Å². The lowest BCUT2D eigenvalue weighted by Gasteiger charge is -2.33. The number of nitrogens with one attached hydrogen (secondary N) is 1. The molecule has 5 rings (SSSR count). The second kappa shape index (κ2) is 8.56. The minimum atomic E-state index is 0.284. The number of amides is 1. The maximum absolute atomic E-state index is 12.7. The zero-order chi connectivity index (χ0) is 21.4. The van der Waals surface area contributed by atoms with Gasteiger partial charge >= 0.3 is 0 Å². The third-order valence-corrected chi connectivity index (χ3v) is 7.43. The van der Waals surface area contributed by atoms with Gasteiger partial charge in [0.15, 0.2) is 0 Å². The first-order chi connectivity index (χ1) is 15.1. The Morgan fingerprint density at radius 3 is 2.39 bits per heavy atom. The lowest BCUT2D eigenvalue weighted by atomic mass is 10.00. The van der Waals surface area contributed by atoms with E-state index < -0.39 is 0 Å². The predicted molar refractivity (Wildman–Crippen MR) is 122 cm³/mol. The Labute approximate surface area is 184 Å². The number of anilines is 1. The number of fused-ring (bicyclic) bond motifs is 1. The summed E-state index contributed by atoms with van der Waals surface area (Å²) in [6.07, 6.45) is 12.6. The van der Waals surface area contributed by atoms with Gasteiger partial charge in [-0.25, -0.2) is 9.97 Å². The van der Waals surface area contributed by atoms with E-state index in [-0.39, 0.29) is 6.04 Å². The molecule has 2 aliphatic carbocycles. The minimum absolute atomic E-state index is 0.284. The molecule has 2 unspecified atom stereocenters. The molecule has 3 heterocycles. The van der Waals surface area contributed by atoms with Crippen LogP contribution in [0.15, 0.2) is 30.7 Å². The molecule has 0 spiro atoms. The highest BCUT2D eigenvalue weighted by Gasteiger charge is 2.54. The van der Waals surface area contributed by atoms with Crippen molar-refractivity contribution in [1.29, 1.82) is 0 Å². The Kier molecular flexibility index (Phi) is 5.63. The van der Waals surface area contributed by atoms with Crippen LogP contribution in [0.2, 0.25) is 0 Å². The molecule has 1 aliphatic heterocycles. The van der Waals surface area contributed by atoms with Crippen LogP contribution in [0.3, 0.4) is 0 Å². The van der Waals surface area contributed by atoms with Crippen molar-refractivity contribution in [2.45, 2.75) is 64.3 Å². The van der Waals surface area contributed by atoms with Gasteiger partial charge in [-0.2, -0.15) is 0 Å². The van der Waals surface area contributed by atoms with E-state index in [1.807, 2.05) is 30.7 Å². The van der Waals surface area contributed by atoms with E-state index in [9.17, 15) is 4.79 Å². The summed E-state index contributed by atoms with van der Waals surface area (Å²) in [6.45, 7) is 6.12. The molecule has 0 radical (unpaired) electrons. The third kappa shape index (κ3) is 4.17. The van der Waals surface area contributed by atoms with Crippen molar-refractivity contribution in [2.24, 2.45) is 17.8 Å². The molecule has 6 nitrogen and oxygen atoms in total. The maximum Gasteiger partial charge on any atom is 0.225 e. The number of rotatable bonds is 5. The molecule has 2 aromatic rings. The number of nitrogens with zero attached hydrogens (tertiary/aromatic N) is 4. The van der Waals surface area contributed by atoms with E-state index in [0.29, 0.717) is 29.6 Å². The van der Waals surface area contributed by atoms with Gasteiger partial charge in [0.25, 0.3) is 0 Å². The van der Waals surface area contributed by atoms with Crippen LogP contribution in [0, 0.1) is 17.8 Å². The van der Waals surface area contributed by atoms with Crippen LogP contribution in [-0.4, -0.2) is 40.0 Å². The summed E-state index contributed by atoms with van der Waals surface area (Å²) >= 11 is 0. The molecule has 31 heavy (non-hydrogen) atoms. The van der Waals surface area contributed by atoms with Crippen molar-refractivity contribution in [2.75, 3.05) is 18.0 Å². The zero-order valence-corrected chi connectivity index (χ0v) is 18.6. The number of aromatic nitrogens is 3. The van der Waals surface area contributed by atoms with E-state index in [2.05, 4.69) is 29.0 Å². The van der Waals surface area contributed by atoms with Crippen LogP contribution < -0.4 is 10.2 Å². The number of hydrogen-bond acceptors (Lipinski definition) is 5. The highest BCUT2D eigenvalue weighted by Crippen LogP contribution is 2.55. The van der Waals surface area contributed by atoms with E-state index in [0.717, 1.165) is 48.7 Å². The normalized spacial score (nSPS) is 25.9. The Bertz CT molecular complexity index is 911. The monoisotopic (exact) mass is 419 g/mol. The minimum Gasteiger partial charge on any atom is -0.353 e. The van der Waals surface area contributed by atoms with E-state index in [1.54, 1.807) is 0 Å². The van der Waals surface area contributed by atoms with Crippen LogP contribution in [0.25, 0.3) is 11.1 Å². The number of piperidine rings is 1. The van der Waals surface area contributed by atoms with E-state index >= 15 is 0 Å². The summed E-state index contributed by atoms with van der Waals surface area (Å²) in [5.41, 5.74) is 3.25. The second-order valence-corrected chi connectivity index (χ2v) is 9.77. The van der Waals surface area contributed by atoms with Crippen molar-refractivity contribution < 1.29 is 4.79 Å².